The smallest absolute Gasteiger partial charge is 0.251 e. The van der Waals surface area contributed by atoms with Gasteiger partial charge in [-0.15, -0.1) is 0 Å². The lowest BCUT2D eigenvalue weighted by molar-refractivity contribution is -0.117. The number of amides is 2. The van der Waals surface area contributed by atoms with Gasteiger partial charge >= 0.3 is 0 Å². The fraction of sp³-hybridized carbons (Fsp3) is 0.227. The third kappa shape index (κ3) is 4.58. The number of rotatable bonds is 8. The summed E-state index contributed by atoms with van der Waals surface area (Å²) in [5, 5.41) is 2.92. The minimum atomic E-state index is -0.477. The number of nitrogens with one attached hydrogen (secondary N) is 1. The average Bonchev–Trinajstić information content (AvgIpc) is 3.03. The molecule has 0 saturated carbocycles. The molecule has 1 aromatic carbocycles. The van der Waals surface area contributed by atoms with Crippen LogP contribution in [0.4, 0.5) is 0 Å². The molecule has 0 aliphatic heterocycles. The van der Waals surface area contributed by atoms with E-state index < -0.39 is 5.91 Å². The Balaban J connectivity index is 1.55. The number of hydrogen-bond acceptors (Lipinski definition) is 4. The van der Waals surface area contributed by atoms with Crippen LogP contribution in [0, 0.1) is 5.92 Å². The Labute approximate surface area is 165 Å². The maximum Gasteiger partial charge on any atom is 0.251 e. The quantitative estimate of drug-likeness (QED) is 0.676. The molecular formula is C22H24N3O3. The summed E-state index contributed by atoms with van der Waals surface area (Å²) in [7, 11) is 3.97. The lowest BCUT2D eigenvalue weighted by atomic mass is 9.95. The number of hydrogen-bond donors (Lipinski definition) is 2. The zero-order valence-corrected chi connectivity index (χ0v) is 16.1. The zero-order valence-electron chi connectivity index (χ0n) is 16.1. The number of fused-ring (bicyclic) bond motifs is 1. The highest BCUT2D eigenvalue weighted by Crippen LogP contribution is 2.36. The van der Waals surface area contributed by atoms with Crippen molar-refractivity contribution in [2.75, 3.05) is 33.8 Å². The molecule has 2 aliphatic rings. The van der Waals surface area contributed by atoms with Crippen LogP contribution in [0.25, 0.3) is 0 Å². The Kier molecular flexibility index (Phi) is 6.11. The SMILES string of the molecule is CN(C)CC1=C2C=CC=C[C]2C=C1C(=O)NCCOc1ccc(C(N)=O)cc1. The topological polar surface area (TPSA) is 84.7 Å². The Hall–Kier alpha value is -3.12. The van der Waals surface area contributed by atoms with Crippen molar-refractivity contribution in [3.05, 3.63) is 82.8 Å². The Morgan fingerprint density at radius 2 is 1.82 bits per heavy atom. The van der Waals surface area contributed by atoms with Gasteiger partial charge in [0.2, 0.25) is 5.91 Å². The van der Waals surface area contributed by atoms with E-state index in [2.05, 4.69) is 10.2 Å². The molecule has 2 aliphatic carbocycles. The van der Waals surface area contributed by atoms with Crippen molar-refractivity contribution in [2.45, 2.75) is 0 Å². The van der Waals surface area contributed by atoms with Crippen LogP contribution in [0.5, 0.6) is 5.75 Å². The van der Waals surface area contributed by atoms with E-state index in [1.54, 1.807) is 24.3 Å². The van der Waals surface area contributed by atoms with Crippen LogP contribution >= 0.6 is 0 Å². The molecule has 6 nitrogen and oxygen atoms in total. The highest BCUT2D eigenvalue weighted by atomic mass is 16.5. The molecule has 145 valence electrons. The molecule has 0 heterocycles. The molecule has 0 spiro atoms. The summed E-state index contributed by atoms with van der Waals surface area (Å²) in [5.41, 5.74) is 8.47. The van der Waals surface area contributed by atoms with Gasteiger partial charge in [0.1, 0.15) is 12.4 Å². The van der Waals surface area contributed by atoms with Crippen LogP contribution in [0.1, 0.15) is 10.4 Å². The van der Waals surface area contributed by atoms with Crippen molar-refractivity contribution >= 4 is 11.8 Å². The average molecular weight is 378 g/mol. The largest absolute Gasteiger partial charge is 0.492 e. The van der Waals surface area contributed by atoms with Crippen molar-refractivity contribution in [1.29, 1.82) is 0 Å². The molecule has 0 bridgehead atoms. The first-order chi connectivity index (χ1) is 13.5. The van der Waals surface area contributed by atoms with E-state index in [4.69, 9.17) is 10.5 Å². The van der Waals surface area contributed by atoms with Crippen LogP contribution in [0.3, 0.4) is 0 Å². The molecule has 1 radical (unpaired) electrons. The van der Waals surface area contributed by atoms with Crippen LogP contribution in [0.2, 0.25) is 0 Å². The third-order valence-electron chi connectivity index (χ3n) is 4.43. The van der Waals surface area contributed by atoms with Gasteiger partial charge < -0.3 is 20.7 Å². The summed E-state index contributed by atoms with van der Waals surface area (Å²) in [5.74, 6) is 1.09. The highest BCUT2D eigenvalue weighted by Gasteiger charge is 2.28. The monoisotopic (exact) mass is 378 g/mol. The first-order valence-corrected chi connectivity index (χ1v) is 9.08. The number of carbonyl (C=O) groups excluding carboxylic acids is 2. The summed E-state index contributed by atoms with van der Waals surface area (Å²) in [6.07, 6.45) is 9.96. The summed E-state index contributed by atoms with van der Waals surface area (Å²) < 4.78 is 5.61. The van der Waals surface area contributed by atoms with Gasteiger partial charge in [-0.05, 0) is 49.5 Å². The molecule has 0 saturated heterocycles. The maximum absolute atomic E-state index is 12.7. The van der Waals surface area contributed by atoms with E-state index in [1.165, 1.54) is 0 Å². The fourth-order valence-electron chi connectivity index (χ4n) is 3.12. The first-order valence-electron chi connectivity index (χ1n) is 9.08. The van der Waals surface area contributed by atoms with Crippen molar-refractivity contribution in [1.82, 2.24) is 10.2 Å². The van der Waals surface area contributed by atoms with E-state index in [0.717, 1.165) is 17.1 Å². The van der Waals surface area contributed by atoms with Gasteiger partial charge in [-0.25, -0.2) is 0 Å². The highest BCUT2D eigenvalue weighted by molar-refractivity contribution is 6.01. The molecule has 0 aromatic heterocycles. The molecule has 3 rings (SSSR count). The summed E-state index contributed by atoms with van der Waals surface area (Å²) in [4.78, 5) is 25.8. The van der Waals surface area contributed by atoms with Gasteiger partial charge in [0.05, 0.1) is 6.54 Å². The number of likely N-dealkylation sites (N-methyl/N-ethyl adjacent to an activating group) is 1. The van der Waals surface area contributed by atoms with E-state index >= 15 is 0 Å². The normalized spacial score (nSPS) is 15.6. The van der Waals surface area contributed by atoms with E-state index in [-0.39, 0.29) is 5.91 Å². The predicted molar refractivity (Wildman–Crippen MR) is 109 cm³/mol. The van der Waals surface area contributed by atoms with Gasteiger partial charge in [0.15, 0.2) is 0 Å². The van der Waals surface area contributed by atoms with Crippen molar-refractivity contribution in [2.24, 2.45) is 5.73 Å². The van der Waals surface area contributed by atoms with Crippen molar-refractivity contribution in [3.8, 4) is 5.75 Å². The molecule has 0 fully saturated rings. The molecule has 6 heteroatoms. The third-order valence-corrected chi connectivity index (χ3v) is 4.43. The Bertz CT molecular complexity index is 877. The number of allylic oxidation sites excluding steroid dienone is 6. The molecule has 28 heavy (non-hydrogen) atoms. The van der Waals surface area contributed by atoms with Crippen molar-refractivity contribution < 1.29 is 14.3 Å². The molecule has 0 unspecified atom stereocenters. The van der Waals surface area contributed by atoms with Gasteiger partial charge in [-0.3, -0.25) is 9.59 Å². The lowest BCUT2D eigenvalue weighted by Crippen LogP contribution is -2.31. The van der Waals surface area contributed by atoms with E-state index in [0.29, 0.717) is 36.6 Å². The molecule has 1 aromatic rings. The van der Waals surface area contributed by atoms with Gasteiger partial charge in [-0.1, -0.05) is 30.4 Å². The predicted octanol–water partition coefficient (Wildman–Crippen LogP) is 1.78. The number of ether oxygens (including phenoxy) is 1. The van der Waals surface area contributed by atoms with Gasteiger partial charge in [0, 0.05) is 23.6 Å². The lowest BCUT2D eigenvalue weighted by Gasteiger charge is -2.16. The van der Waals surface area contributed by atoms with Crippen molar-refractivity contribution in [3.63, 3.8) is 0 Å². The van der Waals surface area contributed by atoms with Gasteiger partial charge in [0.25, 0.3) is 5.91 Å². The molecule has 3 N–H and O–H groups in total. The van der Waals surface area contributed by atoms with Crippen LogP contribution < -0.4 is 15.8 Å². The molecular weight excluding hydrogens is 354 g/mol. The number of carbonyl (C=O) groups is 2. The summed E-state index contributed by atoms with van der Waals surface area (Å²) in [6, 6.07) is 6.58. The second-order valence-corrected chi connectivity index (χ2v) is 6.85. The Morgan fingerprint density at radius 3 is 2.50 bits per heavy atom. The summed E-state index contributed by atoms with van der Waals surface area (Å²) in [6.45, 7) is 1.39. The minimum Gasteiger partial charge on any atom is -0.492 e. The first kappa shape index (κ1) is 19.6. The van der Waals surface area contributed by atoms with E-state index in [1.807, 2.05) is 44.5 Å². The van der Waals surface area contributed by atoms with E-state index in [9.17, 15) is 9.59 Å². The number of benzene rings is 1. The standard InChI is InChI=1S/C22H24N3O3/c1-25(2)14-20-18-6-4-3-5-16(18)13-19(20)22(27)24-11-12-28-17-9-7-15(8-10-17)21(23)26/h3-10,13H,11-12,14H2,1-2H3,(H2,23,26)(H,24,27). The summed E-state index contributed by atoms with van der Waals surface area (Å²) >= 11 is 0. The Morgan fingerprint density at radius 1 is 1.11 bits per heavy atom. The molecule has 0 atom stereocenters. The van der Waals surface area contributed by atoms with Gasteiger partial charge in [-0.2, -0.15) is 0 Å². The van der Waals surface area contributed by atoms with Crippen LogP contribution in [-0.2, 0) is 4.79 Å². The second-order valence-electron chi connectivity index (χ2n) is 6.85. The number of nitrogens with two attached hydrogens (primary N) is 1. The number of nitrogens with zero attached hydrogens (tertiary/aromatic N) is 1. The second kappa shape index (κ2) is 8.71. The van der Waals surface area contributed by atoms with Crippen LogP contribution in [-0.4, -0.2) is 50.5 Å². The molecule has 2 amide bonds. The zero-order chi connectivity index (χ0) is 20.1. The number of primary amides is 1. The minimum absolute atomic E-state index is 0.110. The maximum atomic E-state index is 12.7. The fourth-order valence-corrected chi connectivity index (χ4v) is 3.12. The van der Waals surface area contributed by atoms with Crippen LogP contribution in [0.15, 0.2) is 71.4 Å².